The molecule has 184 valence electrons. The number of pyridine rings is 2. The maximum absolute atomic E-state index is 13.5. The van der Waals surface area contributed by atoms with E-state index < -0.39 is 5.60 Å². The zero-order valence-electron chi connectivity index (χ0n) is 21.3. The number of allylic oxidation sites excluding steroid dienone is 2. The van der Waals surface area contributed by atoms with Gasteiger partial charge in [0.25, 0.3) is 5.56 Å². The standard InChI is InChI=1S/C30H30N2O4/c1-17(24-15-21-26(33)19-10-6-8-12-22(19)32(5)29(21)35-24)14-18-16-30(2,3)36-27-20-11-7-9-13-23(20)31(4)28(34)25(18)27/h6-13,18H,14-16H2,1-5H3/b24-17+. The van der Waals surface area contributed by atoms with Crippen LogP contribution < -0.4 is 20.5 Å². The topological polar surface area (TPSA) is 62.5 Å². The van der Waals surface area contributed by atoms with Gasteiger partial charge in [0.1, 0.15) is 17.1 Å². The summed E-state index contributed by atoms with van der Waals surface area (Å²) >= 11 is 0. The minimum atomic E-state index is -0.413. The highest BCUT2D eigenvalue weighted by Crippen LogP contribution is 2.46. The van der Waals surface area contributed by atoms with Crippen molar-refractivity contribution in [2.24, 2.45) is 14.1 Å². The minimum Gasteiger partial charge on any atom is -0.487 e. The average Bonchev–Trinajstić information content (AvgIpc) is 3.31. The lowest BCUT2D eigenvalue weighted by molar-refractivity contribution is 0.0729. The molecule has 1 atom stereocenters. The first-order valence-corrected chi connectivity index (χ1v) is 12.4. The van der Waals surface area contributed by atoms with Crippen LogP contribution in [0.15, 0.2) is 69.5 Å². The second-order valence-corrected chi connectivity index (χ2v) is 10.8. The van der Waals surface area contributed by atoms with Crippen molar-refractivity contribution in [3.05, 3.63) is 91.6 Å². The third kappa shape index (κ3) is 3.31. The summed E-state index contributed by atoms with van der Waals surface area (Å²) in [6.07, 6.45) is 1.84. The summed E-state index contributed by atoms with van der Waals surface area (Å²) in [6, 6.07) is 15.5. The van der Waals surface area contributed by atoms with Crippen LogP contribution in [0.3, 0.4) is 0 Å². The summed E-state index contributed by atoms with van der Waals surface area (Å²) in [4.78, 5) is 26.8. The predicted octanol–water partition coefficient (Wildman–Crippen LogP) is 5.33. The summed E-state index contributed by atoms with van der Waals surface area (Å²) in [6.45, 7) is 6.21. The van der Waals surface area contributed by atoms with Gasteiger partial charge in [-0.1, -0.05) is 24.3 Å². The maximum atomic E-state index is 13.5. The van der Waals surface area contributed by atoms with Gasteiger partial charge < -0.3 is 18.6 Å². The highest BCUT2D eigenvalue weighted by Gasteiger charge is 2.38. The Morgan fingerprint density at radius 2 is 1.61 bits per heavy atom. The van der Waals surface area contributed by atoms with Crippen LogP contribution >= 0.6 is 0 Å². The number of ether oxygens (including phenoxy) is 2. The Bertz CT molecular complexity index is 1720. The third-order valence-electron chi connectivity index (χ3n) is 7.75. The zero-order valence-corrected chi connectivity index (χ0v) is 21.3. The van der Waals surface area contributed by atoms with Crippen LogP contribution in [0, 0.1) is 0 Å². The smallest absolute Gasteiger partial charge is 0.258 e. The van der Waals surface area contributed by atoms with Crippen molar-refractivity contribution in [2.75, 3.05) is 0 Å². The summed E-state index contributed by atoms with van der Waals surface area (Å²) in [5.41, 5.74) is 3.80. The fourth-order valence-corrected chi connectivity index (χ4v) is 6.00. The third-order valence-corrected chi connectivity index (χ3v) is 7.75. The molecule has 6 rings (SSSR count). The molecular weight excluding hydrogens is 452 g/mol. The Balaban J connectivity index is 1.44. The molecule has 0 amide bonds. The number of benzene rings is 2. The first-order chi connectivity index (χ1) is 17.2. The number of hydrogen-bond donors (Lipinski definition) is 0. The monoisotopic (exact) mass is 482 g/mol. The molecule has 2 aromatic carbocycles. The Morgan fingerprint density at radius 3 is 2.33 bits per heavy atom. The lowest BCUT2D eigenvalue weighted by atomic mass is 9.80. The van der Waals surface area contributed by atoms with Crippen LogP contribution in [0.25, 0.3) is 21.8 Å². The predicted molar refractivity (Wildman–Crippen MR) is 142 cm³/mol. The molecule has 6 heteroatoms. The van der Waals surface area contributed by atoms with Gasteiger partial charge in [-0.05, 0) is 63.5 Å². The van der Waals surface area contributed by atoms with Crippen LogP contribution in [0.5, 0.6) is 11.6 Å². The molecule has 0 fully saturated rings. The molecule has 0 saturated heterocycles. The molecule has 2 aliphatic heterocycles. The lowest BCUT2D eigenvalue weighted by Crippen LogP contribution is -2.39. The number of aromatic nitrogens is 2. The van der Waals surface area contributed by atoms with E-state index >= 15 is 0 Å². The van der Waals surface area contributed by atoms with Crippen LogP contribution in [0.4, 0.5) is 0 Å². The highest BCUT2D eigenvalue weighted by atomic mass is 16.5. The van der Waals surface area contributed by atoms with Gasteiger partial charge in [-0.15, -0.1) is 0 Å². The van der Waals surface area contributed by atoms with Crippen molar-refractivity contribution >= 4 is 21.8 Å². The molecule has 4 aromatic rings. The molecule has 1 unspecified atom stereocenters. The van der Waals surface area contributed by atoms with Crippen LogP contribution in [-0.2, 0) is 20.5 Å². The van der Waals surface area contributed by atoms with Gasteiger partial charge in [-0.25, -0.2) is 0 Å². The molecule has 2 aromatic heterocycles. The van der Waals surface area contributed by atoms with E-state index in [1.807, 2.05) is 67.2 Å². The Kier molecular flexibility index (Phi) is 4.94. The van der Waals surface area contributed by atoms with E-state index in [0.29, 0.717) is 35.4 Å². The van der Waals surface area contributed by atoms with Gasteiger partial charge in [-0.2, -0.15) is 0 Å². The molecule has 0 aliphatic carbocycles. The van der Waals surface area contributed by atoms with Crippen LogP contribution in [0.2, 0.25) is 0 Å². The first-order valence-electron chi connectivity index (χ1n) is 12.4. The number of fused-ring (bicyclic) bond motifs is 5. The molecule has 4 heterocycles. The van der Waals surface area contributed by atoms with E-state index in [1.165, 1.54) is 0 Å². The van der Waals surface area contributed by atoms with Crippen molar-refractivity contribution in [3.63, 3.8) is 0 Å². The van der Waals surface area contributed by atoms with E-state index in [9.17, 15) is 9.59 Å². The molecule has 2 aliphatic rings. The van der Waals surface area contributed by atoms with Gasteiger partial charge in [0, 0.05) is 37.2 Å². The molecule has 0 N–H and O–H groups in total. The van der Waals surface area contributed by atoms with Crippen molar-refractivity contribution in [1.82, 2.24) is 9.13 Å². The number of aryl methyl sites for hydroxylation is 2. The van der Waals surface area contributed by atoms with Gasteiger partial charge in [0.2, 0.25) is 5.88 Å². The fraction of sp³-hybridized carbons (Fsp3) is 0.333. The summed E-state index contributed by atoms with van der Waals surface area (Å²) < 4.78 is 16.4. The molecule has 6 nitrogen and oxygen atoms in total. The zero-order chi connectivity index (χ0) is 25.4. The summed E-state index contributed by atoms with van der Waals surface area (Å²) in [5.74, 6) is 2.09. The van der Waals surface area contributed by atoms with Crippen molar-refractivity contribution < 1.29 is 9.47 Å². The second-order valence-electron chi connectivity index (χ2n) is 10.8. The quantitative estimate of drug-likeness (QED) is 0.387. The second kappa shape index (κ2) is 7.85. The average molecular weight is 483 g/mol. The van der Waals surface area contributed by atoms with Crippen molar-refractivity contribution in [1.29, 1.82) is 0 Å². The number of hydrogen-bond acceptors (Lipinski definition) is 4. The summed E-state index contributed by atoms with van der Waals surface area (Å²) in [5, 5.41) is 1.66. The Hall–Kier alpha value is -3.80. The SMILES string of the molecule is C/C(CC1CC(C)(C)Oc2c1c(=O)n(C)c1ccccc21)=C1/Cc2c(n(C)c3ccccc3c2=O)O1. The highest BCUT2D eigenvalue weighted by molar-refractivity contribution is 5.87. The van der Waals surface area contributed by atoms with E-state index in [0.717, 1.165) is 39.7 Å². The van der Waals surface area contributed by atoms with Crippen LogP contribution in [-0.4, -0.2) is 14.7 Å². The first kappa shape index (κ1) is 22.7. The van der Waals surface area contributed by atoms with E-state index in [-0.39, 0.29) is 16.9 Å². The lowest BCUT2D eigenvalue weighted by Gasteiger charge is -2.38. The fourth-order valence-electron chi connectivity index (χ4n) is 6.00. The van der Waals surface area contributed by atoms with Crippen molar-refractivity contribution in [2.45, 2.75) is 51.6 Å². The Labute approximate surface area is 209 Å². The normalized spacial score (nSPS) is 19.5. The van der Waals surface area contributed by atoms with Gasteiger partial charge in [0.05, 0.1) is 22.2 Å². The maximum Gasteiger partial charge on any atom is 0.258 e. The van der Waals surface area contributed by atoms with E-state index in [2.05, 4.69) is 20.8 Å². The largest absolute Gasteiger partial charge is 0.487 e. The molecule has 36 heavy (non-hydrogen) atoms. The van der Waals surface area contributed by atoms with E-state index in [1.54, 1.807) is 4.57 Å². The summed E-state index contributed by atoms with van der Waals surface area (Å²) in [7, 11) is 3.76. The Morgan fingerprint density at radius 1 is 0.972 bits per heavy atom. The van der Waals surface area contributed by atoms with Gasteiger partial charge >= 0.3 is 0 Å². The molecule has 0 spiro atoms. The number of rotatable bonds is 2. The number of nitrogens with zero attached hydrogens (tertiary/aromatic N) is 2. The van der Waals surface area contributed by atoms with E-state index in [4.69, 9.17) is 9.47 Å². The van der Waals surface area contributed by atoms with Crippen LogP contribution in [0.1, 0.15) is 50.7 Å². The van der Waals surface area contributed by atoms with Gasteiger partial charge in [0.15, 0.2) is 5.43 Å². The molecule has 0 bridgehead atoms. The molecule has 0 saturated carbocycles. The minimum absolute atomic E-state index is 0.0166. The van der Waals surface area contributed by atoms with Crippen molar-refractivity contribution in [3.8, 4) is 11.6 Å². The van der Waals surface area contributed by atoms with Gasteiger partial charge in [-0.3, -0.25) is 9.59 Å². The number of para-hydroxylation sites is 2. The molecular formula is C30H30N2O4. The molecule has 0 radical (unpaired) electrons.